The van der Waals surface area contributed by atoms with Gasteiger partial charge in [0.25, 0.3) is 0 Å². The molecule has 0 saturated carbocycles. The van der Waals surface area contributed by atoms with Gasteiger partial charge >= 0.3 is 0 Å². The molecule has 1 aromatic carbocycles. The number of aromatic nitrogens is 1. The maximum Gasteiger partial charge on any atom is 0.114 e. The van der Waals surface area contributed by atoms with Crippen molar-refractivity contribution in [1.29, 1.82) is 0 Å². The molecule has 0 aliphatic rings. The zero-order valence-electron chi connectivity index (χ0n) is 21.9. The van der Waals surface area contributed by atoms with Gasteiger partial charge in [-0.25, -0.2) is 0 Å². The molecule has 0 fully saturated rings. The van der Waals surface area contributed by atoms with E-state index in [1.54, 1.807) is 0 Å². The summed E-state index contributed by atoms with van der Waals surface area (Å²) >= 11 is 0. The fourth-order valence-electron chi connectivity index (χ4n) is 4.37. The van der Waals surface area contributed by atoms with Gasteiger partial charge in [0.15, 0.2) is 0 Å². The van der Waals surface area contributed by atoms with E-state index in [1.807, 2.05) is 6.92 Å². The highest BCUT2D eigenvalue weighted by atomic mass is 15.3. The van der Waals surface area contributed by atoms with Gasteiger partial charge < -0.3 is 9.88 Å². The van der Waals surface area contributed by atoms with Crippen LogP contribution in [0.3, 0.4) is 0 Å². The topological polar surface area (TPSA) is 53.7 Å². The van der Waals surface area contributed by atoms with Crippen LogP contribution in [0.1, 0.15) is 88.0 Å². The molecule has 2 aromatic rings. The summed E-state index contributed by atoms with van der Waals surface area (Å²) in [6, 6.07) is 8.49. The average Bonchev–Trinajstić information content (AvgIpc) is 3.05. The predicted octanol–water partition coefficient (Wildman–Crippen LogP) is 5.15. The summed E-state index contributed by atoms with van der Waals surface area (Å²) in [5, 5.41) is 9.36. The normalized spacial score (nSPS) is 11.8. The molecule has 0 saturated heterocycles. The van der Waals surface area contributed by atoms with E-state index in [0.717, 1.165) is 60.1 Å². The van der Waals surface area contributed by atoms with Gasteiger partial charge in [0, 0.05) is 36.2 Å². The maximum absolute atomic E-state index is 4.42. The number of amidine groups is 1. The minimum Gasteiger partial charge on any atom is -0.385 e. The second kappa shape index (κ2) is 13.0. The van der Waals surface area contributed by atoms with Gasteiger partial charge in [0.2, 0.25) is 0 Å². The van der Waals surface area contributed by atoms with Crippen molar-refractivity contribution in [3.8, 4) is 0 Å². The molecule has 184 valence electrons. The third-order valence-corrected chi connectivity index (χ3v) is 6.13. The fraction of sp³-hybridized carbons (Fsp3) is 0.448. The first-order valence-corrected chi connectivity index (χ1v) is 12.3. The quantitative estimate of drug-likeness (QED) is 0.188. The molecule has 5 heteroatoms. The Hall–Kier alpha value is -3.08. The minimum absolute atomic E-state index is 0.466. The lowest BCUT2D eigenvalue weighted by Gasteiger charge is -2.11. The average molecular weight is 462 g/mol. The number of benzene rings is 1. The summed E-state index contributed by atoms with van der Waals surface area (Å²) < 4.78 is 2.32. The van der Waals surface area contributed by atoms with Crippen LogP contribution in [0.25, 0.3) is 13.2 Å². The van der Waals surface area contributed by atoms with E-state index in [-0.39, 0.29) is 0 Å². The second-order valence-corrected chi connectivity index (χ2v) is 9.58. The largest absolute Gasteiger partial charge is 0.385 e. The molecule has 0 amide bonds. The Labute approximate surface area is 206 Å². The van der Waals surface area contributed by atoms with Crippen LogP contribution in [0.15, 0.2) is 46.6 Å². The van der Waals surface area contributed by atoms with E-state index in [1.165, 1.54) is 16.7 Å². The van der Waals surface area contributed by atoms with Crippen molar-refractivity contribution in [2.75, 3.05) is 0 Å². The summed E-state index contributed by atoms with van der Waals surface area (Å²) in [7, 11) is 0. The predicted molar refractivity (Wildman–Crippen MR) is 149 cm³/mol. The van der Waals surface area contributed by atoms with Gasteiger partial charge in [0.05, 0.1) is 6.54 Å². The number of hydrogen-bond acceptors (Lipinski definition) is 3. The zero-order valence-corrected chi connectivity index (χ0v) is 21.9. The third kappa shape index (κ3) is 7.47. The van der Waals surface area contributed by atoms with Crippen molar-refractivity contribution in [3.63, 3.8) is 0 Å². The van der Waals surface area contributed by atoms with Crippen molar-refractivity contribution in [3.05, 3.63) is 69.5 Å². The van der Waals surface area contributed by atoms with Crippen molar-refractivity contribution in [2.45, 2.75) is 85.4 Å². The lowest BCUT2D eigenvalue weighted by molar-refractivity contribution is 0.577. The highest BCUT2D eigenvalue weighted by molar-refractivity contribution is 5.79. The Morgan fingerprint density at radius 2 is 1.50 bits per heavy atom. The fourth-order valence-corrected chi connectivity index (χ4v) is 4.37. The van der Waals surface area contributed by atoms with Crippen molar-refractivity contribution in [2.24, 2.45) is 10.1 Å². The number of aliphatic imine (C=N–C) groups is 1. The summed E-state index contributed by atoms with van der Waals surface area (Å²) in [4.78, 5) is 4.42. The molecule has 0 atom stereocenters. The van der Waals surface area contributed by atoms with Gasteiger partial charge in [-0.1, -0.05) is 71.7 Å². The number of nitrogens with one attached hydrogen (secondary N) is 2. The Balaban J connectivity index is 1.80. The van der Waals surface area contributed by atoms with E-state index in [0.29, 0.717) is 18.4 Å². The standard InChI is InChI=1S/C29H43N5/c1-20(2)28-23(6)34(24(7)29(28)21(3)4)17-11-10-12-22(5)31-18-26-13-15-27(16-14-26)19-32-25(8)33-30-9/h13-16,20-21,31H,5-7,9-12,17-19H2,1-4,8H3,(H,32,33). The molecular weight excluding hydrogens is 418 g/mol. The number of rotatable bonds is 13. The summed E-state index contributed by atoms with van der Waals surface area (Å²) in [6.07, 6.45) is 3.13. The SMILES string of the molecule is C=NNC(C)=NCc1ccc(CNC(=C)CCCCn2c(=C)c(C(C)C)c(C(C)C)c2=C)cc1. The Bertz CT molecular complexity index is 1050. The first-order chi connectivity index (χ1) is 16.1. The molecule has 0 aliphatic carbocycles. The van der Waals surface area contributed by atoms with Crippen molar-refractivity contribution in [1.82, 2.24) is 15.3 Å². The second-order valence-electron chi connectivity index (χ2n) is 9.58. The first-order valence-electron chi connectivity index (χ1n) is 12.3. The smallest absolute Gasteiger partial charge is 0.114 e. The van der Waals surface area contributed by atoms with Gasteiger partial charge in [-0.2, -0.15) is 5.10 Å². The number of hydrogen-bond donors (Lipinski definition) is 2. The summed E-state index contributed by atoms with van der Waals surface area (Å²) in [5.74, 6) is 1.69. The summed E-state index contributed by atoms with van der Waals surface area (Å²) in [6.45, 7) is 29.6. The highest BCUT2D eigenvalue weighted by Crippen LogP contribution is 2.20. The van der Waals surface area contributed by atoms with Crippen LogP contribution >= 0.6 is 0 Å². The summed E-state index contributed by atoms with van der Waals surface area (Å²) in [5.41, 5.74) is 8.97. The molecule has 2 rings (SSSR count). The first kappa shape index (κ1) is 27.2. The van der Waals surface area contributed by atoms with Crippen LogP contribution in [-0.2, 0) is 19.6 Å². The highest BCUT2D eigenvalue weighted by Gasteiger charge is 2.17. The third-order valence-electron chi connectivity index (χ3n) is 6.13. The van der Waals surface area contributed by atoms with Gasteiger partial charge in [0.1, 0.15) is 5.84 Å². The zero-order chi connectivity index (χ0) is 25.3. The lowest BCUT2D eigenvalue weighted by Crippen LogP contribution is -2.27. The monoisotopic (exact) mass is 461 g/mol. The van der Waals surface area contributed by atoms with Gasteiger partial charge in [-0.15, -0.1) is 0 Å². The molecule has 0 spiro atoms. The molecule has 0 bridgehead atoms. The molecule has 5 nitrogen and oxygen atoms in total. The van der Waals surface area contributed by atoms with Crippen LogP contribution in [0, 0.1) is 0 Å². The number of hydrazone groups is 1. The molecule has 0 unspecified atom stereocenters. The molecule has 34 heavy (non-hydrogen) atoms. The van der Waals surface area contributed by atoms with Crippen LogP contribution in [0.4, 0.5) is 0 Å². The molecule has 1 aromatic heterocycles. The Morgan fingerprint density at radius 1 is 0.941 bits per heavy atom. The van der Waals surface area contributed by atoms with E-state index >= 15 is 0 Å². The van der Waals surface area contributed by atoms with Crippen LogP contribution < -0.4 is 21.4 Å². The van der Waals surface area contributed by atoms with Crippen LogP contribution in [0.2, 0.25) is 0 Å². The van der Waals surface area contributed by atoms with E-state index in [2.05, 4.69) is 104 Å². The van der Waals surface area contributed by atoms with Crippen LogP contribution in [0.5, 0.6) is 0 Å². The van der Waals surface area contributed by atoms with E-state index in [9.17, 15) is 0 Å². The van der Waals surface area contributed by atoms with Crippen molar-refractivity contribution < 1.29 is 0 Å². The lowest BCUT2D eigenvalue weighted by atomic mass is 9.94. The molecule has 0 radical (unpaired) electrons. The van der Waals surface area contributed by atoms with Gasteiger partial charge in [-0.3, -0.25) is 10.4 Å². The maximum atomic E-state index is 4.42. The van der Waals surface area contributed by atoms with Gasteiger partial charge in [-0.05, 0) is 60.3 Å². The van der Waals surface area contributed by atoms with E-state index in [4.69, 9.17) is 0 Å². The Morgan fingerprint density at radius 3 is 2.03 bits per heavy atom. The molecule has 0 aliphatic heterocycles. The van der Waals surface area contributed by atoms with E-state index < -0.39 is 0 Å². The molecule has 1 heterocycles. The number of allylic oxidation sites excluding steroid dienone is 1. The molecule has 2 N–H and O–H groups in total. The van der Waals surface area contributed by atoms with Crippen molar-refractivity contribution >= 4 is 25.7 Å². The number of nitrogens with zero attached hydrogens (tertiary/aromatic N) is 3. The number of unbranched alkanes of at least 4 members (excludes halogenated alkanes) is 1. The minimum atomic E-state index is 0.466. The Kier molecular flexibility index (Phi) is 10.4. The van der Waals surface area contributed by atoms with Crippen LogP contribution in [-0.4, -0.2) is 17.1 Å². The molecular formula is C29H43N5.